The summed E-state index contributed by atoms with van der Waals surface area (Å²) < 4.78 is 6.13. The van der Waals surface area contributed by atoms with E-state index in [9.17, 15) is 9.59 Å². The van der Waals surface area contributed by atoms with Gasteiger partial charge in [0.15, 0.2) is 16.1 Å². The SMILES string of the molecule is COC(=O)c1ccc2c(=O)n(Nc3ccc(Cl)nn3)c(SCc3ccc(C(C)(C)C)cc3)nc2c1. The van der Waals surface area contributed by atoms with E-state index in [-0.39, 0.29) is 16.1 Å². The zero-order chi connectivity index (χ0) is 25.2. The lowest BCUT2D eigenvalue weighted by atomic mass is 9.87. The quantitative estimate of drug-likeness (QED) is 0.218. The second-order valence-electron chi connectivity index (χ2n) is 8.85. The van der Waals surface area contributed by atoms with Gasteiger partial charge in [-0.15, -0.1) is 10.2 Å². The normalized spacial score (nSPS) is 11.5. The molecule has 0 fully saturated rings. The molecule has 10 heteroatoms. The van der Waals surface area contributed by atoms with Crippen LogP contribution in [0.15, 0.2) is 64.5 Å². The molecule has 0 aliphatic rings. The molecule has 0 aliphatic heterocycles. The van der Waals surface area contributed by atoms with Crippen molar-refractivity contribution in [2.45, 2.75) is 37.1 Å². The van der Waals surface area contributed by atoms with Gasteiger partial charge in [0.2, 0.25) is 0 Å². The number of nitrogens with zero attached hydrogens (tertiary/aromatic N) is 4. The first-order valence-corrected chi connectivity index (χ1v) is 12.2. The van der Waals surface area contributed by atoms with Crippen molar-refractivity contribution in [3.63, 3.8) is 0 Å². The summed E-state index contributed by atoms with van der Waals surface area (Å²) in [7, 11) is 1.31. The van der Waals surface area contributed by atoms with Crippen LogP contribution in [0.2, 0.25) is 5.15 Å². The molecule has 2 heterocycles. The lowest BCUT2D eigenvalue weighted by molar-refractivity contribution is 0.0601. The molecule has 0 saturated heterocycles. The zero-order valence-electron chi connectivity index (χ0n) is 19.7. The largest absolute Gasteiger partial charge is 0.465 e. The first-order chi connectivity index (χ1) is 16.7. The molecule has 2 aromatic heterocycles. The van der Waals surface area contributed by atoms with E-state index in [0.717, 1.165) is 5.56 Å². The Balaban J connectivity index is 1.73. The second kappa shape index (κ2) is 10.1. The molecule has 4 aromatic rings. The van der Waals surface area contributed by atoms with Crippen molar-refractivity contribution in [1.82, 2.24) is 19.9 Å². The van der Waals surface area contributed by atoms with E-state index < -0.39 is 5.97 Å². The third kappa shape index (κ3) is 5.63. The maximum absolute atomic E-state index is 13.4. The van der Waals surface area contributed by atoms with Gasteiger partial charge in [0.1, 0.15) is 0 Å². The number of aromatic nitrogens is 4. The van der Waals surface area contributed by atoms with Crippen molar-refractivity contribution in [1.29, 1.82) is 0 Å². The van der Waals surface area contributed by atoms with Gasteiger partial charge in [-0.1, -0.05) is 68.4 Å². The molecule has 0 atom stereocenters. The van der Waals surface area contributed by atoms with Crippen LogP contribution < -0.4 is 11.0 Å². The molecule has 0 aliphatic carbocycles. The van der Waals surface area contributed by atoms with Crippen LogP contribution in [-0.2, 0) is 15.9 Å². The molecule has 2 aromatic carbocycles. The van der Waals surface area contributed by atoms with Crippen molar-refractivity contribution in [3.05, 3.63) is 86.8 Å². The predicted molar refractivity (Wildman–Crippen MR) is 138 cm³/mol. The molecule has 0 saturated carbocycles. The highest BCUT2D eigenvalue weighted by Gasteiger charge is 2.16. The van der Waals surface area contributed by atoms with Gasteiger partial charge >= 0.3 is 5.97 Å². The standard InChI is InChI=1S/C25H24ClN5O3S/c1-25(2,3)17-8-5-15(6-9-17)14-35-24-27-19-13-16(23(33)34-4)7-10-18(19)22(32)31(24)30-21-12-11-20(26)28-29-21/h5-13H,14H2,1-4H3,(H,29,30). The molecule has 35 heavy (non-hydrogen) atoms. The zero-order valence-corrected chi connectivity index (χ0v) is 21.3. The minimum absolute atomic E-state index is 0.0624. The molecular formula is C25H24ClN5O3S. The van der Waals surface area contributed by atoms with E-state index in [0.29, 0.717) is 33.2 Å². The van der Waals surface area contributed by atoms with Crippen LogP contribution in [-0.4, -0.2) is 32.9 Å². The minimum Gasteiger partial charge on any atom is -0.465 e. The van der Waals surface area contributed by atoms with E-state index in [1.165, 1.54) is 35.2 Å². The van der Waals surface area contributed by atoms with Crippen LogP contribution in [0.5, 0.6) is 0 Å². The van der Waals surface area contributed by atoms with Gasteiger partial charge in [-0.3, -0.25) is 10.2 Å². The van der Waals surface area contributed by atoms with Crippen LogP contribution >= 0.6 is 23.4 Å². The Kier molecular flexibility index (Phi) is 7.09. The average Bonchev–Trinajstić information content (AvgIpc) is 2.84. The third-order valence-corrected chi connectivity index (χ3v) is 6.52. The number of esters is 1. The minimum atomic E-state index is -0.499. The number of nitrogens with one attached hydrogen (secondary N) is 1. The first-order valence-electron chi connectivity index (χ1n) is 10.8. The van der Waals surface area contributed by atoms with Gasteiger partial charge in [0.05, 0.1) is 23.6 Å². The van der Waals surface area contributed by atoms with Crippen molar-refractivity contribution in [3.8, 4) is 0 Å². The number of thioether (sulfide) groups is 1. The molecule has 1 N–H and O–H groups in total. The number of fused-ring (bicyclic) bond motifs is 1. The Morgan fingerprint density at radius 2 is 1.83 bits per heavy atom. The Labute approximate surface area is 211 Å². The van der Waals surface area contributed by atoms with Gasteiger partial charge in [0, 0.05) is 5.75 Å². The lowest BCUT2D eigenvalue weighted by Crippen LogP contribution is -2.29. The molecule has 4 rings (SSSR count). The number of hydrogen-bond donors (Lipinski definition) is 1. The summed E-state index contributed by atoms with van der Waals surface area (Å²) in [4.78, 5) is 30.1. The number of methoxy groups -OCH3 is 1. The Morgan fingerprint density at radius 3 is 2.46 bits per heavy atom. The summed E-state index contributed by atoms with van der Waals surface area (Å²) in [6.45, 7) is 6.51. The van der Waals surface area contributed by atoms with Gasteiger partial charge in [0.25, 0.3) is 5.56 Å². The Hall–Kier alpha value is -3.43. The summed E-state index contributed by atoms with van der Waals surface area (Å²) in [5.74, 6) is 0.410. The van der Waals surface area contributed by atoms with Crippen LogP contribution in [0.3, 0.4) is 0 Å². The number of carbonyl (C=O) groups excluding carboxylic acids is 1. The van der Waals surface area contributed by atoms with Crippen LogP contribution in [0.25, 0.3) is 10.9 Å². The van der Waals surface area contributed by atoms with Gasteiger partial charge < -0.3 is 4.74 Å². The van der Waals surface area contributed by atoms with Crippen molar-refractivity contribution in [2.75, 3.05) is 12.5 Å². The molecular weight excluding hydrogens is 486 g/mol. The highest BCUT2D eigenvalue weighted by atomic mass is 35.5. The molecule has 0 radical (unpaired) electrons. The van der Waals surface area contributed by atoms with Crippen LogP contribution in [0.4, 0.5) is 5.82 Å². The summed E-state index contributed by atoms with van der Waals surface area (Å²) in [6.07, 6.45) is 0. The highest BCUT2D eigenvalue weighted by Crippen LogP contribution is 2.26. The average molecular weight is 510 g/mol. The number of halogens is 1. The topological polar surface area (TPSA) is 99.0 Å². The monoisotopic (exact) mass is 509 g/mol. The van der Waals surface area contributed by atoms with E-state index in [1.54, 1.807) is 24.3 Å². The van der Waals surface area contributed by atoms with Crippen LogP contribution in [0.1, 0.15) is 42.3 Å². The number of rotatable bonds is 6. The summed E-state index contributed by atoms with van der Waals surface area (Å²) >= 11 is 7.22. The predicted octanol–water partition coefficient (Wildman–Crippen LogP) is 5.09. The fraction of sp³-hybridized carbons (Fsp3) is 0.240. The molecule has 0 spiro atoms. The van der Waals surface area contributed by atoms with E-state index in [4.69, 9.17) is 16.3 Å². The lowest BCUT2D eigenvalue weighted by Gasteiger charge is -2.19. The van der Waals surface area contributed by atoms with Gasteiger partial charge in [-0.25, -0.2) is 9.78 Å². The van der Waals surface area contributed by atoms with Crippen molar-refractivity contribution < 1.29 is 9.53 Å². The molecule has 8 nitrogen and oxygen atoms in total. The molecule has 180 valence electrons. The van der Waals surface area contributed by atoms with E-state index in [2.05, 4.69) is 65.6 Å². The number of hydrogen-bond acceptors (Lipinski definition) is 8. The summed E-state index contributed by atoms with van der Waals surface area (Å²) in [6, 6.07) is 16.2. The Morgan fingerprint density at radius 1 is 1.09 bits per heavy atom. The number of anilines is 1. The summed E-state index contributed by atoms with van der Waals surface area (Å²) in [5.41, 5.74) is 5.72. The number of ether oxygens (including phenoxy) is 1. The fourth-order valence-corrected chi connectivity index (χ4v) is 4.35. The third-order valence-electron chi connectivity index (χ3n) is 5.31. The second-order valence-corrected chi connectivity index (χ2v) is 10.2. The number of carbonyl (C=O) groups is 1. The summed E-state index contributed by atoms with van der Waals surface area (Å²) in [5, 5.41) is 8.78. The highest BCUT2D eigenvalue weighted by molar-refractivity contribution is 7.98. The maximum atomic E-state index is 13.4. The van der Waals surface area contributed by atoms with E-state index >= 15 is 0 Å². The molecule has 0 unspecified atom stereocenters. The fourth-order valence-electron chi connectivity index (χ4n) is 3.34. The maximum Gasteiger partial charge on any atom is 0.337 e. The van der Waals surface area contributed by atoms with Crippen molar-refractivity contribution in [2.24, 2.45) is 0 Å². The first kappa shape index (κ1) is 24.7. The molecule has 0 amide bonds. The van der Waals surface area contributed by atoms with E-state index in [1.807, 2.05) is 0 Å². The van der Waals surface area contributed by atoms with Gasteiger partial charge in [-0.05, 0) is 46.9 Å². The number of benzene rings is 2. The van der Waals surface area contributed by atoms with Crippen LogP contribution in [0, 0.1) is 0 Å². The Bertz CT molecular complexity index is 1430. The van der Waals surface area contributed by atoms with Crippen molar-refractivity contribution >= 4 is 46.1 Å². The van der Waals surface area contributed by atoms with Gasteiger partial charge in [-0.2, -0.15) is 4.68 Å². The molecule has 0 bridgehead atoms. The smallest absolute Gasteiger partial charge is 0.337 e.